The van der Waals surface area contributed by atoms with Gasteiger partial charge in [-0.15, -0.1) is 0 Å². The molecule has 1 amide bonds. The van der Waals surface area contributed by atoms with E-state index in [0.717, 1.165) is 23.8 Å². The Morgan fingerprint density at radius 3 is 2.72 bits per heavy atom. The molecule has 0 unspecified atom stereocenters. The average molecular weight is 252 g/mol. The normalized spacial score (nSPS) is 14.1. The molecule has 0 saturated carbocycles. The molecule has 3 nitrogen and oxygen atoms in total. The molecule has 2 N–H and O–H groups in total. The summed E-state index contributed by atoms with van der Waals surface area (Å²) < 4.78 is 26.2. The zero-order valence-corrected chi connectivity index (χ0v) is 10.0. The monoisotopic (exact) mass is 252 g/mol. The highest BCUT2D eigenvalue weighted by Gasteiger charge is 2.16. The maximum Gasteiger partial charge on any atom is 0.247 e. The minimum Gasteiger partial charge on any atom is -0.348 e. The summed E-state index contributed by atoms with van der Waals surface area (Å²) >= 11 is 0. The SMILES string of the molecule is CC(C(=O)NCc1cc(F)ccc1F)=C1CNC1. The molecule has 5 heteroatoms. The van der Waals surface area contributed by atoms with Crippen molar-refractivity contribution in [3.8, 4) is 0 Å². The molecule has 1 aromatic carbocycles. The van der Waals surface area contributed by atoms with E-state index in [-0.39, 0.29) is 18.0 Å². The van der Waals surface area contributed by atoms with Gasteiger partial charge in [0.2, 0.25) is 5.91 Å². The van der Waals surface area contributed by atoms with Crippen LogP contribution in [0.15, 0.2) is 29.3 Å². The summed E-state index contributed by atoms with van der Waals surface area (Å²) in [6, 6.07) is 3.19. The van der Waals surface area contributed by atoms with Gasteiger partial charge in [0.25, 0.3) is 0 Å². The van der Waals surface area contributed by atoms with Crippen molar-refractivity contribution in [2.24, 2.45) is 0 Å². The summed E-state index contributed by atoms with van der Waals surface area (Å²) in [6.45, 7) is 3.15. The first kappa shape index (κ1) is 12.7. The van der Waals surface area contributed by atoms with Crippen LogP contribution < -0.4 is 10.6 Å². The van der Waals surface area contributed by atoms with E-state index < -0.39 is 11.6 Å². The molecule has 0 aromatic heterocycles. The number of hydrogen-bond donors (Lipinski definition) is 2. The summed E-state index contributed by atoms with van der Waals surface area (Å²) in [5, 5.41) is 5.62. The van der Waals surface area contributed by atoms with E-state index in [1.807, 2.05) is 0 Å². The highest BCUT2D eigenvalue weighted by molar-refractivity contribution is 5.93. The summed E-state index contributed by atoms with van der Waals surface area (Å²) in [5.41, 5.74) is 1.84. The van der Waals surface area contributed by atoms with E-state index in [1.54, 1.807) is 6.92 Å². The lowest BCUT2D eigenvalue weighted by atomic mass is 10.0. The van der Waals surface area contributed by atoms with E-state index in [9.17, 15) is 13.6 Å². The molecule has 96 valence electrons. The van der Waals surface area contributed by atoms with Crippen molar-refractivity contribution >= 4 is 5.91 Å². The van der Waals surface area contributed by atoms with E-state index in [4.69, 9.17) is 0 Å². The molecular weight excluding hydrogens is 238 g/mol. The molecule has 1 aromatic rings. The van der Waals surface area contributed by atoms with Gasteiger partial charge in [-0.1, -0.05) is 0 Å². The maximum absolute atomic E-state index is 13.3. The molecule has 1 heterocycles. The molecule has 18 heavy (non-hydrogen) atoms. The molecule has 0 spiro atoms. The molecule has 0 aliphatic carbocycles. The van der Waals surface area contributed by atoms with Crippen LogP contribution in [-0.2, 0) is 11.3 Å². The highest BCUT2D eigenvalue weighted by atomic mass is 19.1. The van der Waals surface area contributed by atoms with Gasteiger partial charge in [0.1, 0.15) is 11.6 Å². The fourth-order valence-corrected chi connectivity index (χ4v) is 1.66. The van der Waals surface area contributed by atoms with Crippen LogP contribution in [0.5, 0.6) is 0 Å². The summed E-state index contributed by atoms with van der Waals surface area (Å²) in [5.74, 6) is -1.28. The number of halogens is 2. The number of carbonyl (C=O) groups is 1. The van der Waals surface area contributed by atoms with Gasteiger partial charge in [0.15, 0.2) is 0 Å². The largest absolute Gasteiger partial charge is 0.348 e. The summed E-state index contributed by atoms with van der Waals surface area (Å²) in [7, 11) is 0. The second-order valence-corrected chi connectivity index (χ2v) is 4.25. The third kappa shape index (κ3) is 2.73. The van der Waals surface area contributed by atoms with Crippen molar-refractivity contribution in [1.82, 2.24) is 10.6 Å². The van der Waals surface area contributed by atoms with Crippen LogP contribution in [0.4, 0.5) is 8.78 Å². The van der Waals surface area contributed by atoms with Crippen molar-refractivity contribution in [2.75, 3.05) is 13.1 Å². The number of hydrogen-bond acceptors (Lipinski definition) is 2. The Labute approximate surface area is 104 Å². The second kappa shape index (κ2) is 5.27. The molecule has 1 aliphatic rings. The molecule has 1 fully saturated rings. The van der Waals surface area contributed by atoms with Crippen molar-refractivity contribution in [1.29, 1.82) is 0 Å². The predicted octanol–water partition coefficient (Wildman–Crippen LogP) is 1.50. The number of carbonyl (C=O) groups excluding carboxylic acids is 1. The minimum absolute atomic E-state index is 0.0134. The highest BCUT2D eigenvalue weighted by Crippen LogP contribution is 2.11. The van der Waals surface area contributed by atoms with Crippen LogP contribution in [0.25, 0.3) is 0 Å². The predicted molar refractivity (Wildman–Crippen MR) is 63.8 cm³/mol. The third-order valence-electron chi connectivity index (χ3n) is 2.99. The average Bonchev–Trinajstić information content (AvgIpc) is 2.27. The van der Waals surface area contributed by atoms with E-state index in [1.165, 1.54) is 0 Å². The Bertz CT molecular complexity index is 506. The van der Waals surface area contributed by atoms with Gasteiger partial charge >= 0.3 is 0 Å². The smallest absolute Gasteiger partial charge is 0.247 e. The quantitative estimate of drug-likeness (QED) is 0.800. The van der Waals surface area contributed by atoms with Gasteiger partial charge in [-0.3, -0.25) is 4.79 Å². The molecule has 2 rings (SSSR count). The lowest BCUT2D eigenvalue weighted by Crippen LogP contribution is -2.37. The van der Waals surface area contributed by atoms with Gasteiger partial charge in [-0.2, -0.15) is 0 Å². The Morgan fingerprint density at radius 1 is 1.39 bits per heavy atom. The van der Waals surface area contributed by atoms with Gasteiger partial charge in [-0.05, 0) is 30.7 Å². The summed E-state index contributed by atoms with van der Waals surface area (Å²) in [6.07, 6.45) is 0. The first-order valence-electron chi connectivity index (χ1n) is 5.69. The molecule has 0 bridgehead atoms. The Balaban J connectivity index is 1.99. The van der Waals surface area contributed by atoms with Crippen LogP contribution in [-0.4, -0.2) is 19.0 Å². The Hall–Kier alpha value is -1.75. The van der Waals surface area contributed by atoms with Crippen LogP contribution in [0.1, 0.15) is 12.5 Å². The lowest BCUT2D eigenvalue weighted by Gasteiger charge is -2.21. The second-order valence-electron chi connectivity index (χ2n) is 4.25. The topological polar surface area (TPSA) is 41.1 Å². The molecule has 0 radical (unpaired) electrons. The maximum atomic E-state index is 13.3. The Morgan fingerprint density at radius 2 is 2.11 bits per heavy atom. The zero-order valence-electron chi connectivity index (χ0n) is 10.0. The fourth-order valence-electron chi connectivity index (χ4n) is 1.66. The number of rotatable bonds is 3. The first-order valence-corrected chi connectivity index (χ1v) is 5.69. The van der Waals surface area contributed by atoms with Crippen LogP contribution in [0, 0.1) is 11.6 Å². The molecule has 1 aliphatic heterocycles. The van der Waals surface area contributed by atoms with Crippen molar-refractivity contribution in [3.63, 3.8) is 0 Å². The molecular formula is C13H14F2N2O. The van der Waals surface area contributed by atoms with Gasteiger partial charge < -0.3 is 10.6 Å². The van der Waals surface area contributed by atoms with Gasteiger partial charge in [0.05, 0.1) is 0 Å². The van der Waals surface area contributed by atoms with Crippen molar-refractivity contribution in [3.05, 3.63) is 46.5 Å². The summed E-state index contributed by atoms with van der Waals surface area (Å²) in [4.78, 5) is 11.7. The third-order valence-corrected chi connectivity index (χ3v) is 2.99. The lowest BCUT2D eigenvalue weighted by molar-refractivity contribution is -0.117. The number of amides is 1. The Kier molecular flexibility index (Phi) is 3.72. The van der Waals surface area contributed by atoms with Crippen molar-refractivity contribution < 1.29 is 13.6 Å². The number of benzene rings is 1. The number of nitrogens with one attached hydrogen (secondary N) is 2. The molecule has 1 saturated heterocycles. The van der Waals surface area contributed by atoms with Crippen LogP contribution in [0.3, 0.4) is 0 Å². The minimum atomic E-state index is -0.521. The van der Waals surface area contributed by atoms with Gasteiger partial charge in [0, 0.05) is 30.8 Å². The van der Waals surface area contributed by atoms with Crippen LogP contribution >= 0.6 is 0 Å². The fraction of sp³-hybridized carbons (Fsp3) is 0.308. The van der Waals surface area contributed by atoms with Crippen molar-refractivity contribution in [2.45, 2.75) is 13.5 Å². The van der Waals surface area contributed by atoms with E-state index in [0.29, 0.717) is 18.7 Å². The van der Waals surface area contributed by atoms with Crippen LogP contribution in [0.2, 0.25) is 0 Å². The molecule has 0 atom stereocenters. The zero-order chi connectivity index (χ0) is 13.1. The standard InChI is InChI=1S/C13H14F2N2O/c1-8(10-5-16-6-10)13(18)17-7-9-4-11(14)2-3-12(9)15/h2-4,16H,5-7H2,1H3,(H,17,18). The first-order chi connectivity index (χ1) is 8.58. The van der Waals surface area contributed by atoms with Gasteiger partial charge in [-0.25, -0.2) is 8.78 Å². The van der Waals surface area contributed by atoms with E-state index in [2.05, 4.69) is 10.6 Å². The van der Waals surface area contributed by atoms with E-state index >= 15 is 0 Å².